The fourth-order valence-corrected chi connectivity index (χ4v) is 3.59. The highest BCUT2D eigenvalue weighted by atomic mass is 16.6. The highest BCUT2D eigenvalue weighted by Gasteiger charge is 2.40. The van der Waals surface area contributed by atoms with E-state index in [2.05, 4.69) is 17.6 Å². The molecule has 1 amide bonds. The summed E-state index contributed by atoms with van der Waals surface area (Å²) in [5.41, 5.74) is -0.510. The predicted octanol–water partition coefficient (Wildman–Crippen LogP) is 3.60. The van der Waals surface area contributed by atoms with E-state index in [9.17, 15) is 4.79 Å². The molecule has 2 rings (SSSR count). The second kappa shape index (κ2) is 6.55. The Morgan fingerprint density at radius 2 is 1.95 bits per heavy atom. The molecule has 4 nitrogen and oxygen atoms in total. The highest BCUT2D eigenvalue weighted by Crippen LogP contribution is 2.33. The van der Waals surface area contributed by atoms with E-state index in [1.54, 1.807) is 0 Å². The molecule has 0 aromatic heterocycles. The molecule has 0 aliphatic heterocycles. The van der Waals surface area contributed by atoms with Crippen LogP contribution in [0.1, 0.15) is 72.6 Å². The third kappa shape index (κ3) is 4.60. The number of carbonyl (C=O) groups is 1. The van der Waals surface area contributed by atoms with Gasteiger partial charge in [0.2, 0.25) is 0 Å². The first-order valence-electron chi connectivity index (χ1n) is 8.58. The molecule has 2 atom stereocenters. The lowest BCUT2D eigenvalue weighted by Crippen LogP contribution is -2.61. The minimum Gasteiger partial charge on any atom is -0.444 e. The number of hydrogen-bond acceptors (Lipinski definition) is 3. The average Bonchev–Trinajstić information content (AvgIpc) is 2.77. The molecule has 0 spiro atoms. The molecular weight excluding hydrogens is 264 g/mol. The van der Waals surface area contributed by atoms with Gasteiger partial charge in [-0.15, -0.1) is 0 Å². The minimum atomic E-state index is -0.429. The van der Waals surface area contributed by atoms with E-state index in [0.717, 1.165) is 25.3 Å². The second-order valence-electron chi connectivity index (χ2n) is 7.85. The third-order valence-corrected chi connectivity index (χ3v) is 4.96. The molecule has 4 heteroatoms. The quantitative estimate of drug-likeness (QED) is 0.815. The van der Waals surface area contributed by atoms with Crippen LogP contribution in [0.4, 0.5) is 4.79 Å². The molecule has 0 saturated heterocycles. The van der Waals surface area contributed by atoms with Crippen molar-refractivity contribution >= 4 is 6.09 Å². The first-order valence-corrected chi connectivity index (χ1v) is 8.58. The van der Waals surface area contributed by atoms with E-state index >= 15 is 0 Å². The van der Waals surface area contributed by atoms with Gasteiger partial charge in [0.1, 0.15) is 5.60 Å². The molecule has 0 aromatic carbocycles. The van der Waals surface area contributed by atoms with Crippen LogP contribution < -0.4 is 10.6 Å². The average molecular weight is 296 g/mol. The van der Waals surface area contributed by atoms with Gasteiger partial charge in [0, 0.05) is 12.6 Å². The zero-order valence-electron chi connectivity index (χ0n) is 14.1. The summed E-state index contributed by atoms with van der Waals surface area (Å²) in [6.45, 7) is 8.88. The lowest BCUT2D eigenvalue weighted by Gasteiger charge is -2.43. The van der Waals surface area contributed by atoms with E-state index in [-0.39, 0.29) is 11.6 Å². The van der Waals surface area contributed by atoms with Crippen molar-refractivity contribution in [1.29, 1.82) is 0 Å². The zero-order valence-corrected chi connectivity index (χ0v) is 14.1. The molecule has 2 aliphatic rings. The number of carbonyl (C=O) groups excluding carboxylic acids is 1. The van der Waals surface area contributed by atoms with Crippen LogP contribution in [0.3, 0.4) is 0 Å². The topological polar surface area (TPSA) is 50.4 Å². The summed E-state index contributed by atoms with van der Waals surface area (Å²) < 4.78 is 5.41. The van der Waals surface area contributed by atoms with Crippen molar-refractivity contribution in [3.8, 4) is 0 Å². The number of amides is 1. The van der Waals surface area contributed by atoms with Crippen LogP contribution in [0.2, 0.25) is 0 Å². The summed E-state index contributed by atoms with van der Waals surface area (Å²) in [7, 11) is 0. The highest BCUT2D eigenvalue weighted by molar-refractivity contribution is 5.69. The fraction of sp³-hybridized carbons (Fsp3) is 0.941. The van der Waals surface area contributed by atoms with Gasteiger partial charge in [-0.25, -0.2) is 4.79 Å². The van der Waals surface area contributed by atoms with Gasteiger partial charge >= 0.3 is 6.09 Å². The van der Waals surface area contributed by atoms with Crippen LogP contribution in [-0.4, -0.2) is 29.8 Å². The summed E-state index contributed by atoms with van der Waals surface area (Å²) in [5, 5.41) is 6.84. The van der Waals surface area contributed by atoms with Gasteiger partial charge in [-0.3, -0.25) is 0 Å². The lowest BCUT2D eigenvalue weighted by molar-refractivity contribution is 0.0377. The maximum atomic E-state index is 12.0. The molecule has 2 N–H and O–H groups in total. The van der Waals surface area contributed by atoms with Crippen LogP contribution in [0.15, 0.2) is 0 Å². The van der Waals surface area contributed by atoms with Crippen LogP contribution >= 0.6 is 0 Å². The van der Waals surface area contributed by atoms with Gasteiger partial charge in [0.25, 0.3) is 0 Å². The fourth-order valence-electron chi connectivity index (χ4n) is 3.59. The van der Waals surface area contributed by atoms with Gasteiger partial charge in [-0.1, -0.05) is 19.8 Å². The SMILES string of the molecule is CCC1CCCC1NCC1(NC(=O)OC(C)(C)C)CCC1. The van der Waals surface area contributed by atoms with Crippen molar-refractivity contribution in [2.24, 2.45) is 5.92 Å². The molecule has 2 saturated carbocycles. The van der Waals surface area contributed by atoms with Crippen molar-refractivity contribution in [3.05, 3.63) is 0 Å². The molecule has 2 unspecified atom stereocenters. The summed E-state index contributed by atoms with van der Waals surface area (Å²) in [5.74, 6) is 0.809. The zero-order chi connectivity index (χ0) is 15.5. The molecule has 21 heavy (non-hydrogen) atoms. The lowest BCUT2D eigenvalue weighted by atomic mass is 9.76. The number of rotatable bonds is 5. The van der Waals surface area contributed by atoms with Gasteiger partial charge in [-0.2, -0.15) is 0 Å². The molecule has 2 fully saturated rings. The Morgan fingerprint density at radius 3 is 2.48 bits per heavy atom. The van der Waals surface area contributed by atoms with E-state index in [1.807, 2.05) is 20.8 Å². The second-order valence-corrected chi connectivity index (χ2v) is 7.85. The van der Waals surface area contributed by atoms with Crippen molar-refractivity contribution in [3.63, 3.8) is 0 Å². The summed E-state index contributed by atoms with van der Waals surface area (Å²) in [4.78, 5) is 12.0. The number of nitrogens with one attached hydrogen (secondary N) is 2. The first kappa shape index (κ1) is 16.6. The van der Waals surface area contributed by atoms with E-state index in [4.69, 9.17) is 4.74 Å². The summed E-state index contributed by atoms with van der Waals surface area (Å²) in [6.07, 6.45) is 8.25. The third-order valence-electron chi connectivity index (χ3n) is 4.96. The van der Waals surface area contributed by atoms with Crippen LogP contribution in [0.25, 0.3) is 0 Å². The summed E-state index contributed by atoms with van der Waals surface area (Å²) in [6, 6.07) is 0.632. The minimum absolute atomic E-state index is 0.0801. The normalized spacial score (nSPS) is 28.0. The maximum Gasteiger partial charge on any atom is 0.408 e. The summed E-state index contributed by atoms with van der Waals surface area (Å²) >= 11 is 0. The van der Waals surface area contributed by atoms with Crippen LogP contribution in [0, 0.1) is 5.92 Å². The maximum absolute atomic E-state index is 12.0. The predicted molar refractivity (Wildman–Crippen MR) is 85.4 cm³/mol. The van der Waals surface area contributed by atoms with Crippen molar-refractivity contribution in [1.82, 2.24) is 10.6 Å². The Morgan fingerprint density at radius 1 is 1.24 bits per heavy atom. The molecule has 0 aromatic rings. The molecule has 2 aliphatic carbocycles. The van der Waals surface area contributed by atoms with Gasteiger partial charge in [0.15, 0.2) is 0 Å². The number of ether oxygens (including phenoxy) is 1. The standard InChI is InChI=1S/C17H32N2O2/c1-5-13-8-6-9-14(13)18-12-17(10-7-11-17)19-15(20)21-16(2,3)4/h13-14,18H,5-12H2,1-4H3,(H,19,20). The molecular formula is C17H32N2O2. The Kier molecular flexibility index (Phi) is 5.18. The Labute approximate surface area is 129 Å². The van der Waals surface area contributed by atoms with E-state index < -0.39 is 5.60 Å². The monoisotopic (exact) mass is 296 g/mol. The van der Waals surface area contributed by atoms with Gasteiger partial charge in [0.05, 0.1) is 5.54 Å². The Hall–Kier alpha value is -0.770. The number of hydrogen-bond donors (Lipinski definition) is 2. The molecule has 0 radical (unpaired) electrons. The number of alkyl carbamates (subject to hydrolysis) is 1. The van der Waals surface area contributed by atoms with Crippen molar-refractivity contribution < 1.29 is 9.53 Å². The van der Waals surface area contributed by atoms with Crippen LogP contribution in [0.5, 0.6) is 0 Å². The molecule has 0 bridgehead atoms. The smallest absolute Gasteiger partial charge is 0.408 e. The van der Waals surface area contributed by atoms with Crippen LogP contribution in [-0.2, 0) is 4.74 Å². The van der Waals surface area contributed by atoms with E-state index in [0.29, 0.717) is 6.04 Å². The van der Waals surface area contributed by atoms with Gasteiger partial charge < -0.3 is 15.4 Å². The Bertz CT molecular complexity index is 358. The largest absolute Gasteiger partial charge is 0.444 e. The molecule has 0 heterocycles. The van der Waals surface area contributed by atoms with Gasteiger partial charge in [-0.05, 0) is 58.8 Å². The van der Waals surface area contributed by atoms with Crippen molar-refractivity contribution in [2.45, 2.75) is 89.8 Å². The molecule has 122 valence electrons. The Balaban J connectivity index is 1.82. The van der Waals surface area contributed by atoms with E-state index in [1.165, 1.54) is 32.1 Å². The van der Waals surface area contributed by atoms with Crippen molar-refractivity contribution in [2.75, 3.05) is 6.54 Å². The first-order chi connectivity index (χ1) is 9.84.